The first-order valence-electron chi connectivity index (χ1n) is 5.62. The highest BCUT2D eigenvalue weighted by Gasteiger charge is 2.21. The van der Waals surface area contributed by atoms with E-state index in [0.717, 1.165) is 19.3 Å². The van der Waals surface area contributed by atoms with E-state index in [4.69, 9.17) is 0 Å². The van der Waals surface area contributed by atoms with Crippen molar-refractivity contribution in [3.8, 4) is 0 Å². The lowest BCUT2D eigenvalue weighted by molar-refractivity contribution is -0.384. The minimum absolute atomic E-state index is 0.0121. The molecule has 88 valence electrons. The van der Waals surface area contributed by atoms with Gasteiger partial charge in [-0.15, -0.1) is 0 Å². The van der Waals surface area contributed by atoms with Gasteiger partial charge < -0.3 is 0 Å². The number of nitro benzene ring substituents is 1. The normalized spacial score (nSPS) is 18.9. The molecule has 4 heteroatoms. The quantitative estimate of drug-likeness (QED) is 0.347. The number of ketones is 1. The summed E-state index contributed by atoms with van der Waals surface area (Å²) in [7, 11) is 0. The van der Waals surface area contributed by atoms with Crippen molar-refractivity contribution in [3.05, 3.63) is 52.1 Å². The SMILES string of the molecule is O=C(c1cccc([N+](=O)[O-])c1)C1CC=CCC1. The highest BCUT2D eigenvalue weighted by atomic mass is 16.6. The molecular formula is C13H13NO3. The van der Waals surface area contributed by atoms with E-state index in [-0.39, 0.29) is 17.4 Å². The largest absolute Gasteiger partial charge is 0.294 e. The van der Waals surface area contributed by atoms with Crippen molar-refractivity contribution in [1.82, 2.24) is 0 Å². The Labute approximate surface area is 99.1 Å². The second kappa shape index (κ2) is 4.91. The molecule has 0 radical (unpaired) electrons. The number of Topliss-reactive ketones (excluding diaryl/α,β-unsaturated/α-hetero) is 1. The Hall–Kier alpha value is -1.97. The third-order valence-corrected chi connectivity index (χ3v) is 2.98. The Kier molecular flexibility index (Phi) is 3.32. The van der Waals surface area contributed by atoms with Gasteiger partial charge >= 0.3 is 0 Å². The third kappa shape index (κ3) is 2.58. The van der Waals surface area contributed by atoms with Gasteiger partial charge in [-0.2, -0.15) is 0 Å². The van der Waals surface area contributed by atoms with E-state index in [0.29, 0.717) is 5.56 Å². The highest BCUT2D eigenvalue weighted by Crippen LogP contribution is 2.24. The number of hydrogen-bond acceptors (Lipinski definition) is 3. The van der Waals surface area contributed by atoms with E-state index in [1.165, 1.54) is 12.1 Å². The number of carbonyl (C=O) groups excluding carboxylic acids is 1. The van der Waals surface area contributed by atoms with Crippen LogP contribution in [-0.2, 0) is 0 Å². The summed E-state index contributed by atoms with van der Waals surface area (Å²) in [5.41, 5.74) is 0.418. The monoisotopic (exact) mass is 231 g/mol. The van der Waals surface area contributed by atoms with E-state index in [2.05, 4.69) is 6.08 Å². The van der Waals surface area contributed by atoms with Gasteiger partial charge in [-0.25, -0.2) is 0 Å². The molecule has 0 aliphatic heterocycles. The molecule has 17 heavy (non-hydrogen) atoms. The second-order valence-corrected chi connectivity index (χ2v) is 4.15. The van der Waals surface area contributed by atoms with E-state index in [1.54, 1.807) is 12.1 Å². The molecule has 0 saturated heterocycles. The number of benzene rings is 1. The molecule has 0 aromatic heterocycles. The van der Waals surface area contributed by atoms with Crippen LogP contribution in [0.15, 0.2) is 36.4 Å². The van der Waals surface area contributed by atoms with Crippen LogP contribution in [0.2, 0.25) is 0 Å². The molecule has 0 amide bonds. The van der Waals surface area contributed by atoms with Gasteiger partial charge in [-0.1, -0.05) is 24.3 Å². The summed E-state index contributed by atoms with van der Waals surface area (Å²) in [5.74, 6) is -0.0138. The summed E-state index contributed by atoms with van der Waals surface area (Å²) >= 11 is 0. The Bertz CT molecular complexity index is 479. The van der Waals surface area contributed by atoms with Crippen LogP contribution in [0.5, 0.6) is 0 Å². The predicted molar refractivity (Wildman–Crippen MR) is 63.9 cm³/mol. The van der Waals surface area contributed by atoms with Crippen LogP contribution in [0, 0.1) is 16.0 Å². The molecule has 0 heterocycles. The van der Waals surface area contributed by atoms with E-state index < -0.39 is 4.92 Å². The number of nitrogens with zero attached hydrogens (tertiary/aromatic N) is 1. The molecule has 0 fully saturated rings. The summed E-state index contributed by atoms with van der Waals surface area (Å²) in [6.45, 7) is 0. The summed E-state index contributed by atoms with van der Waals surface area (Å²) in [5, 5.41) is 10.6. The minimum atomic E-state index is -0.475. The summed E-state index contributed by atoms with van der Waals surface area (Å²) in [4.78, 5) is 22.3. The standard InChI is InChI=1S/C13H13NO3/c15-13(10-5-2-1-3-6-10)11-7-4-8-12(9-11)14(16)17/h1-2,4,7-10H,3,5-6H2. The van der Waals surface area contributed by atoms with Crippen LogP contribution in [0.1, 0.15) is 29.6 Å². The fourth-order valence-electron chi connectivity index (χ4n) is 2.04. The van der Waals surface area contributed by atoms with Crippen molar-refractivity contribution in [1.29, 1.82) is 0 Å². The van der Waals surface area contributed by atoms with Gasteiger partial charge in [0.15, 0.2) is 5.78 Å². The number of carbonyl (C=O) groups is 1. The van der Waals surface area contributed by atoms with E-state index in [1.807, 2.05) is 6.08 Å². The number of non-ortho nitro benzene ring substituents is 1. The van der Waals surface area contributed by atoms with Gasteiger partial charge in [-0.3, -0.25) is 14.9 Å². The lowest BCUT2D eigenvalue weighted by Gasteiger charge is -2.16. The van der Waals surface area contributed by atoms with Gasteiger partial charge in [0.2, 0.25) is 0 Å². The first kappa shape index (κ1) is 11.5. The molecular weight excluding hydrogens is 218 g/mol. The first-order chi connectivity index (χ1) is 8.18. The smallest absolute Gasteiger partial charge is 0.270 e. The number of rotatable bonds is 3. The lowest BCUT2D eigenvalue weighted by atomic mass is 9.87. The number of hydrogen-bond donors (Lipinski definition) is 0. The highest BCUT2D eigenvalue weighted by molar-refractivity contribution is 5.98. The Morgan fingerprint density at radius 3 is 2.82 bits per heavy atom. The van der Waals surface area contributed by atoms with E-state index >= 15 is 0 Å². The van der Waals surface area contributed by atoms with Crippen molar-refractivity contribution in [2.45, 2.75) is 19.3 Å². The molecule has 0 saturated carbocycles. The van der Waals surface area contributed by atoms with Crippen LogP contribution in [0.3, 0.4) is 0 Å². The van der Waals surface area contributed by atoms with Crippen LogP contribution in [0.4, 0.5) is 5.69 Å². The van der Waals surface area contributed by atoms with Crippen molar-refractivity contribution in [3.63, 3.8) is 0 Å². The van der Waals surface area contributed by atoms with Crippen molar-refractivity contribution in [2.24, 2.45) is 5.92 Å². The summed E-state index contributed by atoms with van der Waals surface area (Å²) < 4.78 is 0. The zero-order valence-electron chi connectivity index (χ0n) is 9.33. The average Bonchev–Trinajstić information content (AvgIpc) is 2.39. The fourth-order valence-corrected chi connectivity index (χ4v) is 2.04. The van der Waals surface area contributed by atoms with Gasteiger partial charge in [0, 0.05) is 23.6 Å². The molecule has 0 N–H and O–H groups in total. The van der Waals surface area contributed by atoms with Gasteiger partial charge in [-0.05, 0) is 19.3 Å². The molecule has 1 aromatic rings. The molecule has 2 rings (SSSR count). The van der Waals surface area contributed by atoms with Crippen molar-refractivity contribution < 1.29 is 9.72 Å². The molecule has 1 unspecified atom stereocenters. The van der Waals surface area contributed by atoms with Crippen LogP contribution in [-0.4, -0.2) is 10.7 Å². The minimum Gasteiger partial charge on any atom is -0.294 e. The molecule has 0 spiro atoms. The van der Waals surface area contributed by atoms with Crippen molar-refractivity contribution >= 4 is 11.5 Å². The Morgan fingerprint density at radius 1 is 1.35 bits per heavy atom. The summed E-state index contributed by atoms with van der Waals surface area (Å²) in [6, 6.07) is 5.97. The van der Waals surface area contributed by atoms with Crippen molar-refractivity contribution in [2.75, 3.05) is 0 Å². The zero-order valence-corrected chi connectivity index (χ0v) is 9.33. The lowest BCUT2D eigenvalue weighted by Crippen LogP contribution is -2.16. The molecule has 1 aromatic carbocycles. The topological polar surface area (TPSA) is 60.2 Å². The molecule has 0 bridgehead atoms. The van der Waals surface area contributed by atoms with Crippen LogP contribution < -0.4 is 0 Å². The maximum Gasteiger partial charge on any atom is 0.270 e. The molecule has 1 aliphatic rings. The maximum absolute atomic E-state index is 12.1. The Morgan fingerprint density at radius 2 is 2.18 bits per heavy atom. The predicted octanol–water partition coefficient (Wildman–Crippen LogP) is 3.13. The van der Waals surface area contributed by atoms with Gasteiger partial charge in [0.05, 0.1) is 4.92 Å². The van der Waals surface area contributed by atoms with Gasteiger partial charge in [0.1, 0.15) is 0 Å². The van der Waals surface area contributed by atoms with E-state index in [9.17, 15) is 14.9 Å². The maximum atomic E-state index is 12.1. The number of nitro groups is 1. The third-order valence-electron chi connectivity index (χ3n) is 2.98. The zero-order chi connectivity index (χ0) is 12.3. The summed E-state index contributed by atoms with van der Waals surface area (Å²) in [6.07, 6.45) is 6.55. The van der Waals surface area contributed by atoms with Crippen LogP contribution >= 0.6 is 0 Å². The number of allylic oxidation sites excluding steroid dienone is 2. The molecule has 4 nitrogen and oxygen atoms in total. The fraction of sp³-hybridized carbons (Fsp3) is 0.308. The first-order valence-corrected chi connectivity index (χ1v) is 5.62. The second-order valence-electron chi connectivity index (χ2n) is 4.15. The molecule has 1 aliphatic carbocycles. The average molecular weight is 231 g/mol. The van der Waals surface area contributed by atoms with Gasteiger partial charge in [0.25, 0.3) is 5.69 Å². The van der Waals surface area contributed by atoms with Crippen LogP contribution in [0.25, 0.3) is 0 Å². The Balaban J connectivity index is 2.21. The molecule has 1 atom stereocenters.